The smallest absolute Gasteiger partial charge is 0.271 e. The predicted octanol–water partition coefficient (Wildman–Crippen LogP) is 3.96. The van der Waals surface area contributed by atoms with Crippen LogP contribution in [-0.2, 0) is 5.41 Å². The highest BCUT2D eigenvalue weighted by atomic mass is 16.6. The van der Waals surface area contributed by atoms with Crippen LogP contribution < -0.4 is 0 Å². The average molecular weight is 260 g/mol. The predicted molar refractivity (Wildman–Crippen MR) is 71.1 cm³/mol. The number of hydrogen-bond acceptors (Lipinski definition) is 4. The molecule has 100 valence electrons. The Bertz CT molecular complexity index is 627. The minimum atomic E-state index is -0.407. The number of non-ortho nitro benzene ring substituents is 1. The molecule has 0 amide bonds. The van der Waals surface area contributed by atoms with Gasteiger partial charge in [-0.15, -0.1) is 0 Å². The van der Waals surface area contributed by atoms with Crippen LogP contribution in [0.1, 0.15) is 44.9 Å². The minimum absolute atomic E-state index is 0.0218. The molecule has 19 heavy (non-hydrogen) atoms. The van der Waals surface area contributed by atoms with Crippen molar-refractivity contribution in [2.75, 3.05) is 0 Å². The molecule has 1 saturated carbocycles. The van der Waals surface area contributed by atoms with E-state index in [0.717, 1.165) is 18.7 Å². The molecule has 3 rings (SSSR count). The first-order chi connectivity index (χ1) is 9.08. The topological polar surface area (TPSA) is 69.2 Å². The first-order valence-electron chi connectivity index (χ1n) is 6.64. The Labute approximate surface area is 110 Å². The second kappa shape index (κ2) is 4.33. The van der Waals surface area contributed by atoms with E-state index in [9.17, 15) is 10.1 Å². The molecule has 0 spiro atoms. The minimum Gasteiger partial charge on any atom is -0.440 e. The molecule has 0 atom stereocenters. The van der Waals surface area contributed by atoms with Crippen molar-refractivity contribution in [3.8, 4) is 0 Å². The quantitative estimate of drug-likeness (QED) is 0.605. The largest absolute Gasteiger partial charge is 0.440 e. The molecule has 1 fully saturated rings. The molecule has 1 aliphatic rings. The number of benzene rings is 1. The maximum Gasteiger partial charge on any atom is 0.271 e. The molecular weight excluding hydrogens is 244 g/mol. The fraction of sp³-hybridized carbons (Fsp3) is 0.500. The Morgan fingerprint density at radius 1 is 1.32 bits per heavy atom. The number of aromatic nitrogens is 1. The summed E-state index contributed by atoms with van der Waals surface area (Å²) in [5.74, 6) is 0.725. The van der Waals surface area contributed by atoms with Crippen molar-refractivity contribution in [2.45, 2.75) is 44.4 Å². The zero-order valence-corrected chi connectivity index (χ0v) is 10.9. The molecular formula is C14H16N2O3. The Kier molecular flexibility index (Phi) is 2.77. The number of oxazole rings is 1. The van der Waals surface area contributed by atoms with E-state index in [0.29, 0.717) is 11.1 Å². The summed E-state index contributed by atoms with van der Waals surface area (Å²) >= 11 is 0. The highest BCUT2D eigenvalue weighted by molar-refractivity contribution is 5.75. The molecule has 2 aromatic rings. The van der Waals surface area contributed by atoms with E-state index in [4.69, 9.17) is 4.42 Å². The fourth-order valence-electron chi connectivity index (χ4n) is 2.83. The van der Waals surface area contributed by atoms with Crippen molar-refractivity contribution in [3.63, 3.8) is 0 Å². The molecule has 0 N–H and O–H groups in total. The number of nitro groups is 1. The maximum absolute atomic E-state index is 10.8. The fourth-order valence-corrected chi connectivity index (χ4v) is 2.83. The second-order valence-corrected chi connectivity index (χ2v) is 5.55. The standard InChI is InChI=1S/C14H16N2O3/c1-14(7-3-2-4-8-14)13-15-11-9-10(16(17)18)5-6-12(11)19-13/h5-6,9H,2-4,7-8H2,1H3. The van der Waals surface area contributed by atoms with Gasteiger partial charge in [0.15, 0.2) is 5.58 Å². The van der Waals surface area contributed by atoms with Crippen LogP contribution in [0.2, 0.25) is 0 Å². The lowest BCUT2D eigenvalue weighted by atomic mass is 9.76. The van der Waals surface area contributed by atoms with Gasteiger partial charge in [0, 0.05) is 17.5 Å². The third kappa shape index (κ3) is 2.09. The Morgan fingerprint density at radius 3 is 2.74 bits per heavy atom. The van der Waals surface area contributed by atoms with Crippen molar-refractivity contribution >= 4 is 16.8 Å². The molecule has 0 unspecified atom stereocenters. The normalized spacial score (nSPS) is 18.6. The molecule has 1 aliphatic carbocycles. The Balaban J connectivity index is 2.03. The van der Waals surface area contributed by atoms with Crippen LogP contribution in [0.15, 0.2) is 22.6 Å². The van der Waals surface area contributed by atoms with Gasteiger partial charge < -0.3 is 4.42 Å². The van der Waals surface area contributed by atoms with Gasteiger partial charge >= 0.3 is 0 Å². The molecule has 1 aromatic carbocycles. The van der Waals surface area contributed by atoms with Gasteiger partial charge in [0.2, 0.25) is 5.89 Å². The summed E-state index contributed by atoms with van der Waals surface area (Å²) in [5.41, 5.74) is 1.25. The van der Waals surface area contributed by atoms with E-state index in [1.807, 2.05) is 0 Å². The summed E-state index contributed by atoms with van der Waals surface area (Å²) in [4.78, 5) is 14.8. The highest BCUT2D eigenvalue weighted by Gasteiger charge is 2.33. The molecule has 0 radical (unpaired) electrons. The zero-order valence-electron chi connectivity index (χ0n) is 10.9. The van der Waals surface area contributed by atoms with Gasteiger partial charge in [-0.05, 0) is 18.9 Å². The van der Waals surface area contributed by atoms with Gasteiger partial charge in [0.05, 0.1) is 4.92 Å². The molecule has 1 heterocycles. The maximum atomic E-state index is 10.8. The lowest BCUT2D eigenvalue weighted by molar-refractivity contribution is -0.384. The van der Waals surface area contributed by atoms with Gasteiger partial charge in [-0.25, -0.2) is 4.98 Å². The van der Waals surface area contributed by atoms with Gasteiger partial charge in [0.25, 0.3) is 5.69 Å². The molecule has 0 saturated heterocycles. The lowest BCUT2D eigenvalue weighted by Crippen LogP contribution is -2.25. The number of hydrogen-bond donors (Lipinski definition) is 0. The van der Waals surface area contributed by atoms with Gasteiger partial charge in [0.1, 0.15) is 5.52 Å². The van der Waals surface area contributed by atoms with Gasteiger partial charge in [-0.2, -0.15) is 0 Å². The Morgan fingerprint density at radius 2 is 2.05 bits per heavy atom. The van der Waals surface area contributed by atoms with Crippen molar-refractivity contribution < 1.29 is 9.34 Å². The third-order valence-corrected chi connectivity index (χ3v) is 4.06. The van der Waals surface area contributed by atoms with E-state index in [1.54, 1.807) is 6.07 Å². The van der Waals surface area contributed by atoms with Crippen molar-refractivity contribution in [1.82, 2.24) is 4.98 Å². The van der Waals surface area contributed by atoms with Crippen LogP contribution in [-0.4, -0.2) is 9.91 Å². The molecule has 0 aliphatic heterocycles. The lowest BCUT2D eigenvalue weighted by Gasteiger charge is -2.30. The van der Waals surface area contributed by atoms with Crippen molar-refractivity contribution in [1.29, 1.82) is 0 Å². The molecule has 1 aromatic heterocycles. The first-order valence-corrected chi connectivity index (χ1v) is 6.64. The SMILES string of the molecule is CC1(c2nc3cc([N+](=O)[O-])ccc3o2)CCCCC1. The Hall–Kier alpha value is -1.91. The monoisotopic (exact) mass is 260 g/mol. The van der Waals surface area contributed by atoms with Gasteiger partial charge in [-0.3, -0.25) is 10.1 Å². The van der Waals surface area contributed by atoms with E-state index in [1.165, 1.54) is 31.4 Å². The van der Waals surface area contributed by atoms with E-state index in [-0.39, 0.29) is 11.1 Å². The number of fused-ring (bicyclic) bond motifs is 1. The summed E-state index contributed by atoms with van der Waals surface area (Å²) < 4.78 is 5.81. The highest BCUT2D eigenvalue weighted by Crippen LogP contribution is 2.39. The first kappa shape index (κ1) is 12.1. The van der Waals surface area contributed by atoms with Crippen LogP contribution >= 0.6 is 0 Å². The molecule has 0 bridgehead atoms. The number of nitrogens with zero attached hydrogens (tertiary/aromatic N) is 2. The number of rotatable bonds is 2. The van der Waals surface area contributed by atoms with E-state index >= 15 is 0 Å². The molecule has 5 nitrogen and oxygen atoms in total. The van der Waals surface area contributed by atoms with Crippen molar-refractivity contribution in [3.05, 3.63) is 34.2 Å². The van der Waals surface area contributed by atoms with Gasteiger partial charge in [-0.1, -0.05) is 26.2 Å². The van der Waals surface area contributed by atoms with Crippen LogP contribution in [0, 0.1) is 10.1 Å². The summed E-state index contributed by atoms with van der Waals surface area (Å²) in [6.07, 6.45) is 5.79. The van der Waals surface area contributed by atoms with E-state index in [2.05, 4.69) is 11.9 Å². The summed E-state index contributed by atoms with van der Waals surface area (Å²) in [7, 11) is 0. The van der Waals surface area contributed by atoms with Crippen LogP contribution in [0.25, 0.3) is 11.1 Å². The van der Waals surface area contributed by atoms with Crippen LogP contribution in [0.3, 0.4) is 0 Å². The molecule has 5 heteroatoms. The number of nitro benzene ring substituents is 1. The van der Waals surface area contributed by atoms with Crippen molar-refractivity contribution in [2.24, 2.45) is 0 Å². The summed E-state index contributed by atoms with van der Waals surface area (Å²) in [5, 5.41) is 10.8. The summed E-state index contributed by atoms with van der Waals surface area (Å²) in [6, 6.07) is 4.57. The van der Waals surface area contributed by atoms with E-state index < -0.39 is 4.92 Å². The summed E-state index contributed by atoms with van der Waals surface area (Å²) in [6.45, 7) is 2.17. The average Bonchev–Trinajstić information content (AvgIpc) is 2.83. The van der Waals surface area contributed by atoms with Crippen LogP contribution in [0.4, 0.5) is 5.69 Å². The second-order valence-electron chi connectivity index (χ2n) is 5.55. The third-order valence-electron chi connectivity index (χ3n) is 4.06. The zero-order chi connectivity index (χ0) is 13.5. The van der Waals surface area contributed by atoms with Crippen LogP contribution in [0.5, 0.6) is 0 Å².